The van der Waals surface area contributed by atoms with Crippen LogP contribution in [0.2, 0.25) is 5.02 Å². The molecule has 1 unspecified atom stereocenters. The van der Waals surface area contributed by atoms with Gasteiger partial charge in [0.05, 0.1) is 0 Å². The van der Waals surface area contributed by atoms with Crippen molar-refractivity contribution in [3.63, 3.8) is 0 Å². The number of rotatable bonds is 7. The van der Waals surface area contributed by atoms with Gasteiger partial charge in [-0.15, -0.1) is 0 Å². The summed E-state index contributed by atoms with van der Waals surface area (Å²) in [7, 11) is -4.09. The number of likely N-dealkylation sites (tertiary alicyclic amines) is 1. The number of hydrogen-bond acceptors (Lipinski definition) is 6. The number of sulfonamides is 1. The second kappa shape index (κ2) is 9.84. The van der Waals surface area contributed by atoms with Gasteiger partial charge in [-0.25, -0.2) is 13.1 Å². The van der Waals surface area contributed by atoms with Gasteiger partial charge in [-0.1, -0.05) is 48.4 Å². The Hall–Kier alpha value is -2.70. The summed E-state index contributed by atoms with van der Waals surface area (Å²) in [5.41, 5.74) is 1.30. The highest BCUT2D eigenvalue weighted by molar-refractivity contribution is 7.89. The van der Waals surface area contributed by atoms with E-state index in [1.54, 1.807) is 36.4 Å². The molecule has 0 saturated carbocycles. The predicted octanol–water partition coefficient (Wildman–Crippen LogP) is 4.37. The van der Waals surface area contributed by atoms with Crippen molar-refractivity contribution in [2.45, 2.75) is 30.4 Å². The topological polar surface area (TPSA) is 99.2 Å². The van der Waals surface area contributed by atoms with Gasteiger partial charge in [0.25, 0.3) is 15.1 Å². The molecule has 1 N–H and O–H groups in total. The van der Waals surface area contributed by atoms with E-state index in [1.807, 2.05) is 24.3 Å². The first-order valence-corrected chi connectivity index (χ1v) is 12.3. The van der Waals surface area contributed by atoms with Crippen LogP contribution in [0.15, 0.2) is 64.1 Å². The minimum atomic E-state index is -4.09. The van der Waals surface area contributed by atoms with Crippen LogP contribution in [0, 0.1) is 11.3 Å². The number of nitriles is 1. The molecule has 2 heterocycles. The Morgan fingerprint density at radius 2 is 1.78 bits per heavy atom. The zero-order valence-corrected chi connectivity index (χ0v) is 18.9. The fourth-order valence-electron chi connectivity index (χ4n) is 3.89. The molecule has 0 spiro atoms. The molecule has 1 saturated heterocycles. The highest BCUT2D eigenvalue weighted by Crippen LogP contribution is 2.28. The van der Waals surface area contributed by atoms with E-state index in [4.69, 9.17) is 16.0 Å². The number of oxazole rings is 1. The van der Waals surface area contributed by atoms with Crippen LogP contribution in [0.5, 0.6) is 0 Å². The monoisotopic (exact) mass is 470 g/mol. The zero-order valence-electron chi connectivity index (χ0n) is 17.4. The normalized spacial score (nSPS) is 15.9. The van der Waals surface area contributed by atoms with E-state index >= 15 is 0 Å². The fraction of sp³-hybridized carbons (Fsp3) is 0.304. The summed E-state index contributed by atoms with van der Waals surface area (Å²) in [6.45, 7) is 1.91. The lowest BCUT2D eigenvalue weighted by Crippen LogP contribution is -2.40. The summed E-state index contributed by atoms with van der Waals surface area (Å²) in [4.78, 5) is 6.35. The van der Waals surface area contributed by atoms with Crippen molar-refractivity contribution in [2.75, 3.05) is 19.6 Å². The molecule has 1 aromatic heterocycles. The van der Waals surface area contributed by atoms with Gasteiger partial charge in [-0.05, 0) is 55.8 Å². The smallest absolute Gasteiger partial charge is 0.277 e. The van der Waals surface area contributed by atoms with Crippen LogP contribution in [0.25, 0.3) is 11.5 Å². The summed E-state index contributed by atoms with van der Waals surface area (Å²) in [5, 5.41) is 9.60. The molecule has 1 atom stereocenters. The Labute approximate surface area is 192 Å². The van der Waals surface area contributed by atoms with Crippen molar-refractivity contribution in [1.29, 1.82) is 5.26 Å². The molecule has 9 heteroatoms. The molecule has 32 heavy (non-hydrogen) atoms. The van der Waals surface area contributed by atoms with Crippen molar-refractivity contribution in [3.8, 4) is 17.5 Å². The predicted molar refractivity (Wildman–Crippen MR) is 121 cm³/mol. The molecule has 1 aliphatic heterocycles. The van der Waals surface area contributed by atoms with Gasteiger partial charge in [0.1, 0.15) is 6.07 Å². The summed E-state index contributed by atoms with van der Waals surface area (Å²) in [6.07, 6.45) is 3.30. The van der Waals surface area contributed by atoms with E-state index in [-0.39, 0.29) is 24.2 Å². The maximum Gasteiger partial charge on any atom is 0.277 e. The SMILES string of the molecule is N#Cc1nc(-c2ccccc2)oc1S(=O)(=O)NCC(c1ccc(Cl)cc1)N1CCCCC1. The van der Waals surface area contributed by atoms with E-state index in [1.165, 1.54) is 6.42 Å². The second-order valence-electron chi connectivity index (χ2n) is 7.65. The maximum atomic E-state index is 13.1. The van der Waals surface area contributed by atoms with Crippen LogP contribution >= 0.6 is 11.6 Å². The molecule has 0 radical (unpaired) electrons. The minimum Gasteiger partial charge on any atom is -0.422 e. The van der Waals surface area contributed by atoms with Crippen molar-refractivity contribution in [3.05, 3.63) is 70.9 Å². The standard InChI is InChI=1S/C23H23ClN4O3S/c24-19-11-9-17(10-12-19)21(28-13-5-2-6-14-28)16-26-32(29,30)23-20(15-25)27-22(31-23)18-7-3-1-4-8-18/h1,3-4,7-12,21,26H,2,5-6,13-14,16H2. The van der Waals surface area contributed by atoms with Crippen LogP contribution in [0.1, 0.15) is 36.6 Å². The van der Waals surface area contributed by atoms with Gasteiger partial charge in [0.15, 0.2) is 5.69 Å². The molecule has 166 valence electrons. The third kappa shape index (κ3) is 5.03. The lowest BCUT2D eigenvalue weighted by molar-refractivity contribution is 0.164. The van der Waals surface area contributed by atoms with Crippen LogP contribution in [0.4, 0.5) is 0 Å². The van der Waals surface area contributed by atoms with Crippen LogP contribution < -0.4 is 4.72 Å². The Bertz CT molecular complexity index is 1200. The number of benzene rings is 2. The van der Waals surface area contributed by atoms with Crippen molar-refractivity contribution in [1.82, 2.24) is 14.6 Å². The van der Waals surface area contributed by atoms with Crippen molar-refractivity contribution >= 4 is 21.6 Å². The number of nitrogens with one attached hydrogen (secondary N) is 1. The lowest BCUT2D eigenvalue weighted by Gasteiger charge is -2.35. The van der Waals surface area contributed by atoms with Gasteiger partial charge in [0.2, 0.25) is 5.89 Å². The van der Waals surface area contributed by atoms with Gasteiger partial charge >= 0.3 is 0 Å². The second-order valence-corrected chi connectivity index (χ2v) is 9.75. The first-order chi connectivity index (χ1) is 15.5. The molecule has 0 amide bonds. The first kappa shape index (κ1) is 22.5. The lowest BCUT2D eigenvalue weighted by atomic mass is 10.0. The van der Waals surface area contributed by atoms with E-state index in [2.05, 4.69) is 14.6 Å². The summed E-state index contributed by atoms with van der Waals surface area (Å²) in [5.74, 6) is 0.0906. The van der Waals surface area contributed by atoms with E-state index < -0.39 is 15.1 Å². The maximum absolute atomic E-state index is 13.1. The number of halogens is 1. The van der Waals surface area contributed by atoms with Gasteiger partial charge < -0.3 is 4.42 Å². The average Bonchev–Trinajstić information content (AvgIpc) is 3.27. The molecular formula is C23H23ClN4O3S. The Morgan fingerprint density at radius 1 is 1.09 bits per heavy atom. The molecule has 1 aliphatic rings. The molecule has 2 aromatic carbocycles. The van der Waals surface area contributed by atoms with Crippen LogP contribution in [0.3, 0.4) is 0 Å². The third-order valence-electron chi connectivity index (χ3n) is 5.52. The average molecular weight is 471 g/mol. The molecular weight excluding hydrogens is 448 g/mol. The highest BCUT2D eigenvalue weighted by Gasteiger charge is 2.30. The largest absolute Gasteiger partial charge is 0.422 e. The van der Waals surface area contributed by atoms with Crippen LogP contribution in [-0.2, 0) is 10.0 Å². The molecule has 0 bridgehead atoms. The number of piperidine rings is 1. The zero-order chi connectivity index (χ0) is 22.6. The third-order valence-corrected chi connectivity index (χ3v) is 7.08. The fourth-order valence-corrected chi connectivity index (χ4v) is 5.06. The molecule has 1 fully saturated rings. The summed E-state index contributed by atoms with van der Waals surface area (Å²) < 4.78 is 34.4. The van der Waals surface area contributed by atoms with E-state index in [9.17, 15) is 13.7 Å². The van der Waals surface area contributed by atoms with E-state index in [0.717, 1.165) is 31.5 Å². The van der Waals surface area contributed by atoms with Crippen molar-refractivity contribution < 1.29 is 12.8 Å². The van der Waals surface area contributed by atoms with Gasteiger partial charge in [-0.3, -0.25) is 4.90 Å². The minimum absolute atomic E-state index is 0.0906. The quantitative estimate of drug-likeness (QED) is 0.550. The molecule has 7 nitrogen and oxygen atoms in total. The van der Waals surface area contributed by atoms with Crippen LogP contribution in [-0.4, -0.2) is 37.9 Å². The Morgan fingerprint density at radius 3 is 2.44 bits per heavy atom. The molecule has 4 rings (SSSR count). The van der Waals surface area contributed by atoms with Crippen molar-refractivity contribution in [2.24, 2.45) is 0 Å². The van der Waals surface area contributed by atoms with Gasteiger partial charge in [0, 0.05) is 23.2 Å². The highest BCUT2D eigenvalue weighted by atomic mass is 35.5. The van der Waals surface area contributed by atoms with E-state index in [0.29, 0.717) is 10.6 Å². The molecule has 0 aliphatic carbocycles. The Kier molecular flexibility index (Phi) is 6.92. The number of nitrogens with zero attached hydrogens (tertiary/aromatic N) is 3. The van der Waals surface area contributed by atoms with Gasteiger partial charge in [-0.2, -0.15) is 10.2 Å². The summed E-state index contributed by atoms with van der Waals surface area (Å²) >= 11 is 6.04. The first-order valence-electron chi connectivity index (χ1n) is 10.4. The molecule has 3 aromatic rings. The number of hydrogen-bond donors (Lipinski definition) is 1. The summed E-state index contributed by atoms with van der Waals surface area (Å²) in [6, 6.07) is 18.0. The number of aromatic nitrogens is 1. The Balaban J connectivity index is 1.59.